The predicted octanol–water partition coefficient (Wildman–Crippen LogP) is -0.794. The Bertz CT molecular complexity index is 205. The number of primary amides is 1. The van der Waals surface area contributed by atoms with Gasteiger partial charge in [-0.15, -0.1) is 0 Å². The molecule has 0 spiro atoms. The van der Waals surface area contributed by atoms with Gasteiger partial charge in [0.05, 0.1) is 6.16 Å². The summed E-state index contributed by atoms with van der Waals surface area (Å²) in [5.74, 6) is -0.886. The maximum absolute atomic E-state index is 10.2. The molecular weight excluding hydrogens is 157 g/mol. The summed E-state index contributed by atoms with van der Waals surface area (Å²) in [5.41, 5.74) is 4.41. The number of hydrogen-bond donors (Lipinski definition) is 3. The van der Waals surface area contributed by atoms with Crippen molar-refractivity contribution in [1.82, 2.24) is 0 Å². The van der Waals surface area contributed by atoms with Gasteiger partial charge in [-0.3, -0.25) is 9.36 Å². The molecule has 0 saturated heterocycles. The van der Waals surface area contributed by atoms with Crippen LogP contribution in [-0.2, 0) is 9.36 Å². The molecule has 0 aromatic heterocycles. The molecule has 0 bridgehead atoms. The normalized spacial score (nSPS) is 11.0. The van der Waals surface area contributed by atoms with Crippen molar-refractivity contribution in [2.45, 2.75) is 0 Å². The molecular formula is C4H8NO4P. The highest BCUT2D eigenvalue weighted by molar-refractivity contribution is 7.52. The van der Waals surface area contributed by atoms with Gasteiger partial charge in [0.25, 0.3) is 0 Å². The van der Waals surface area contributed by atoms with Crippen molar-refractivity contribution in [3.05, 3.63) is 12.2 Å². The third kappa shape index (κ3) is 4.26. The summed E-state index contributed by atoms with van der Waals surface area (Å²) >= 11 is 0. The third-order valence-electron chi connectivity index (χ3n) is 0.745. The van der Waals surface area contributed by atoms with Crippen LogP contribution in [0.3, 0.4) is 0 Å². The molecule has 0 radical (unpaired) electrons. The zero-order chi connectivity index (χ0) is 8.36. The zero-order valence-electron chi connectivity index (χ0n) is 5.15. The van der Waals surface area contributed by atoms with Gasteiger partial charge in [0.15, 0.2) is 0 Å². The highest BCUT2D eigenvalue weighted by atomic mass is 31.2. The van der Waals surface area contributed by atoms with Crippen LogP contribution in [0.25, 0.3) is 0 Å². The summed E-state index contributed by atoms with van der Waals surface area (Å²) < 4.78 is 10.2. The molecule has 0 fully saturated rings. The van der Waals surface area contributed by atoms with E-state index in [-0.39, 0.29) is 5.57 Å². The summed E-state index contributed by atoms with van der Waals surface area (Å²) in [7, 11) is -4.18. The Kier molecular flexibility index (Phi) is 2.77. The lowest BCUT2D eigenvalue weighted by atomic mass is 10.3. The maximum Gasteiger partial charge on any atom is 0.330 e. The van der Waals surface area contributed by atoms with E-state index in [0.717, 1.165) is 0 Å². The van der Waals surface area contributed by atoms with Crippen LogP contribution in [0.4, 0.5) is 0 Å². The zero-order valence-corrected chi connectivity index (χ0v) is 6.04. The topological polar surface area (TPSA) is 101 Å². The Balaban J connectivity index is 4.07. The van der Waals surface area contributed by atoms with E-state index in [1.165, 1.54) is 0 Å². The van der Waals surface area contributed by atoms with Crippen LogP contribution < -0.4 is 5.73 Å². The van der Waals surface area contributed by atoms with E-state index in [1.807, 2.05) is 0 Å². The maximum atomic E-state index is 10.2. The number of carbonyl (C=O) groups excluding carboxylic acids is 1. The van der Waals surface area contributed by atoms with E-state index in [1.54, 1.807) is 0 Å². The molecule has 0 aromatic carbocycles. The van der Waals surface area contributed by atoms with Crippen molar-refractivity contribution in [1.29, 1.82) is 0 Å². The van der Waals surface area contributed by atoms with Gasteiger partial charge in [-0.25, -0.2) is 0 Å². The first kappa shape index (κ1) is 9.36. The van der Waals surface area contributed by atoms with Gasteiger partial charge in [-0.1, -0.05) is 6.58 Å². The first-order chi connectivity index (χ1) is 4.33. The summed E-state index contributed by atoms with van der Waals surface area (Å²) in [4.78, 5) is 26.7. The largest absolute Gasteiger partial charge is 0.366 e. The SMILES string of the molecule is C=C(CP(=O)(O)O)C(N)=O. The number of carbonyl (C=O) groups is 1. The van der Waals surface area contributed by atoms with Crippen molar-refractivity contribution < 1.29 is 19.1 Å². The molecule has 0 saturated carbocycles. The lowest BCUT2D eigenvalue weighted by Crippen LogP contribution is -2.15. The van der Waals surface area contributed by atoms with Crippen LogP contribution in [0.5, 0.6) is 0 Å². The molecule has 0 aliphatic carbocycles. The average Bonchev–Trinajstić information content (AvgIpc) is 1.60. The second-order valence-corrected chi connectivity index (χ2v) is 3.44. The summed E-state index contributed by atoms with van der Waals surface area (Å²) in [6.45, 7) is 3.07. The molecule has 1 amide bonds. The van der Waals surface area contributed by atoms with Crippen molar-refractivity contribution in [2.24, 2.45) is 5.73 Å². The fourth-order valence-corrected chi connectivity index (χ4v) is 0.980. The van der Waals surface area contributed by atoms with Gasteiger partial charge in [0.2, 0.25) is 5.91 Å². The molecule has 0 atom stereocenters. The average molecular weight is 165 g/mol. The van der Waals surface area contributed by atoms with Gasteiger partial charge < -0.3 is 15.5 Å². The van der Waals surface area contributed by atoms with E-state index >= 15 is 0 Å². The molecule has 0 unspecified atom stereocenters. The minimum Gasteiger partial charge on any atom is -0.366 e. The summed E-state index contributed by atoms with van der Waals surface area (Å²) in [6.07, 6.45) is -0.664. The van der Waals surface area contributed by atoms with E-state index in [0.29, 0.717) is 0 Å². The van der Waals surface area contributed by atoms with Crippen molar-refractivity contribution in [2.75, 3.05) is 6.16 Å². The van der Waals surface area contributed by atoms with Crippen molar-refractivity contribution in [3.63, 3.8) is 0 Å². The molecule has 0 rings (SSSR count). The minimum absolute atomic E-state index is 0.256. The third-order valence-corrected chi connectivity index (χ3v) is 1.54. The Labute approximate surface area is 57.7 Å². The monoisotopic (exact) mass is 165 g/mol. The Hall–Kier alpha value is -0.640. The van der Waals surface area contributed by atoms with Crippen molar-refractivity contribution >= 4 is 13.5 Å². The standard InChI is InChI=1S/C4H8NO4P/c1-3(4(5)6)2-10(7,8)9/h1-2H2,(H2,5,6)(H2,7,8,9). The van der Waals surface area contributed by atoms with E-state index in [2.05, 4.69) is 12.3 Å². The molecule has 4 N–H and O–H groups in total. The van der Waals surface area contributed by atoms with Gasteiger partial charge in [-0.2, -0.15) is 0 Å². The first-order valence-corrected chi connectivity index (χ1v) is 4.15. The first-order valence-electron chi connectivity index (χ1n) is 2.35. The smallest absolute Gasteiger partial charge is 0.330 e. The molecule has 10 heavy (non-hydrogen) atoms. The molecule has 0 aliphatic heterocycles. The fourth-order valence-electron chi connectivity index (χ4n) is 0.327. The Morgan fingerprint density at radius 1 is 1.60 bits per heavy atom. The highest BCUT2D eigenvalue weighted by Gasteiger charge is 2.17. The van der Waals surface area contributed by atoms with Crippen LogP contribution in [0.1, 0.15) is 0 Å². The Morgan fingerprint density at radius 2 is 2.00 bits per heavy atom. The van der Waals surface area contributed by atoms with Gasteiger partial charge in [-0.05, 0) is 0 Å². The number of rotatable bonds is 3. The minimum atomic E-state index is -4.18. The van der Waals surface area contributed by atoms with Crippen LogP contribution in [-0.4, -0.2) is 21.9 Å². The number of nitrogens with two attached hydrogens (primary N) is 1. The number of hydrogen-bond acceptors (Lipinski definition) is 2. The van der Waals surface area contributed by atoms with Crippen LogP contribution in [0.15, 0.2) is 12.2 Å². The second-order valence-electron chi connectivity index (χ2n) is 1.79. The second kappa shape index (κ2) is 2.96. The van der Waals surface area contributed by atoms with E-state index in [4.69, 9.17) is 9.79 Å². The summed E-state index contributed by atoms with van der Waals surface area (Å²) in [5, 5.41) is 0. The molecule has 0 aromatic rings. The quantitative estimate of drug-likeness (QED) is 0.376. The van der Waals surface area contributed by atoms with Crippen LogP contribution in [0.2, 0.25) is 0 Å². The fraction of sp³-hybridized carbons (Fsp3) is 0.250. The molecule has 0 heterocycles. The van der Waals surface area contributed by atoms with E-state index in [9.17, 15) is 9.36 Å². The number of amides is 1. The Morgan fingerprint density at radius 3 is 2.10 bits per heavy atom. The predicted molar refractivity (Wildman–Crippen MR) is 35.2 cm³/mol. The molecule has 5 nitrogen and oxygen atoms in total. The molecule has 6 heteroatoms. The van der Waals surface area contributed by atoms with Crippen LogP contribution >= 0.6 is 7.60 Å². The van der Waals surface area contributed by atoms with Crippen molar-refractivity contribution in [3.8, 4) is 0 Å². The lowest BCUT2D eigenvalue weighted by Gasteiger charge is -2.01. The molecule has 0 aliphatic rings. The highest BCUT2D eigenvalue weighted by Crippen LogP contribution is 2.35. The van der Waals surface area contributed by atoms with Gasteiger partial charge in [0, 0.05) is 5.57 Å². The van der Waals surface area contributed by atoms with Crippen LogP contribution in [0, 0.1) is 0 Å². The van der Waals surface area contributed by atoms with Gasteiger partial charge >= 0.3 is 7.60 Å². The lowest BCUT2D eigenvalue weighted by molar-refractivity contribution is -0.114. The summed E-state index contributed by atoms with van der Waals surface area (Å²) in [6, 6.07) is 0. The molecule has 58 valence electrons. The van der Waals surface area contributed by atoms with Gasteiger partial charge in [0.1, 0.15) is 0 Å². The van der Waals surface area contributed by atoms with E-state index < -0.39 is 19.7 Å².